The van der Waals surface area contributed by atoms with Crippen molar-refractivity contribution in [2.75, 3.05) is 52.6 Å². The average Bonchev–Trinajstić information content (AvgIpc) is 3.27. The summed E-state index contributed by atoms with van der Waals surface area (Å²) in [5.41, 5.74) is 0. The van der Waals surface area contributed by atoms with Crippen LogP contribution in [0.3, 0.4) is 0 Å². The molecule has 30 nitrogen and oxygen atoms in total. The van der Waals surface area contributed by atoms with E-state index in [4.69, 9.17) is 56.8 Å². The van der Waals surface area contributed by atoms with Crippen LogP contribution in [0, 0.1) is 0 Å². The summed E-state index contributed by atoms with van der Waals surface area (Å²) in [4.78, 5) is 170. The van der Waals surface area contributed by atoms with Gasteiger partial charge in [-0.25, -0.2) is 19.2 Å². The summed E-state index contributed by atoms with van der Waals surface area (Å²) in [6.45, 7) is 6.94. The zero-order chi connectivity index (χ0) is 56.5. The first-order chi connectivity index (χ1) is 34.6. The van der Waals surface area contributed by atoms with Gasteiger partial charge in [-0.1, -0.05) is 12.8 Å². The number of rotatable bonds is 33. The molecule has 0 aromatic rings. The highest BCUT2D eigenvalue weighted by Crippen LogP contribution is 2.23. The number of ether oxygens (including phenoxy) is 12. The summed E-state index contributed by atoms with van der Waals surface area (Å²) in [7, 11) is 0. The van der Waals surface area contributed by atoms with Crippen LogP contribution in [-0.4, -0.2) is 185 Å². The first-order valence-corrected chi connectivity index (χ1v) is 22.7. The number of carbonyl (C=O) groups is 14. The van der Waals surface area contributed by atoms with E-state index in [0.29, 0.717) is 25.7 Å². The molecule has 0 rings (SSSR count). The molecule has 0 aromatic heterocycles. The van der Waals surface area contributed by atoms with Crippen molar-refractivity contribution < 1.29 is 124 Å². The van der Waals surface area contributed by atoms with Crippen molar-refractivity contribution in [2.45, 2.75) is 144 Å². The molecule has 0 aromatic carbocycles. The lowest BCUT2D eigenvalue weighted by molar-refractivity contribution is -0.208. The summed E-state index contributed by atoms with van der Waals surface area (Å²) in [6.07, 6.45) is -13.0. The second-order valence-electron chi connectivity index (χ2n) is 15.4. The predicted octanol–water partition coefficient (Wildman–Crippen LogP) is -1.19. The Labute approximate surface area is 424 Å². The summed E-state index contributed by atoms with van der Waals surface area (Å²) in [5, 5.41) is 10.1. The van der Waals surface area contributed by atoms with Gasteiger partial charge in [0.05, 0.1) is 13.1 Å². The summed E-state index contributed by atoms with van der Waals surface area (Å²) < 4.78 is 61.4. The van der Waals surface area contributed by atoms with Gasteiger partial charge >= 0.3 is 83.7 Å². The molecule has 0 spiro atoms. The molecular weight excluding hydrogens is 1000 g/mol. The van der Waals surface area contributed by atoms with Crippen LogP contribution >= 0.6 is 0 Å². The van der Waals surface area contributed by atoms with Crippen LogP contribution in [-0.2, 0) is 114 Å². The van der Waals surface area contributed by atoms with Crippen LogP contribution in [0.25, 0.3) is 0 Å². The highest BCUT2D eigenvalue weighted by molar-refractivity contribution is 5.82. The molecule has 0 saturated heterocycles. The molecule has 0 aliphatic carbocycles. The molecule has 0 bridgehead atoms. The number of amides is 4. The van der Waals surface area contributed by atoms with Crippen molar-refractivity contribution in [3.05, 3.63) is 0 Å². The zero-order valence-electron chi connectivity index (χ0n) is 42.7. The number of hydrogen-bond donors (Lipinski definition) is 4. The smallest absolute Gasteiger partial charge is 0.351 e. The molecule has 0 heterocycles. The third kappa shape index (κ3) is 30.8. The van der Waals surface area contributed by atoms with Crippen LogP contribution in [0.2, 0.25) is 0 Å². The summed E-state index contributed by atoms with van der Waals surface area (Å²) in [5.74, 6) is -12.5. The summed E-state index contributed by atoms with van der Waals surface area (Å²) in [6, 6.07) is -1.30. The topological polar surface area (TPSA) is 398 Å². The van der Waals surface area contributed by atoms with E-state index in [1.807, 2.05) is 0 Å². The van der Waals surface area contributed by atoms with Crippen molar-refractivity contribution >= 4 is 83.7 Å². The highest BCUT2D eigenvalue weighted by atomic mass is 16.7. The van der Waals surface area contributed by atoms with Crippen LogP contribution in [0.5, 0.6) is 0 Å². The lowest BCUT2D eigenvalue weighted by Crippen LogP contribution is -2.55. The number of urea groups is 2. The molecule has 4 N–H and O–H groups in total. The van der Waals surface area contributed by atoms with Gasteiger partial charge in [-0.15, -0.1) is 0 Å². The second kappa shape index (κ2) is 36.1. The molecule has 0 radical (unpaired) electrons. The molecule has 418 valence electrons. The predicted molar refractivity (Wildman–Crippen MR) is 241 cm³/mol. The normalized spacial score (nSPS) is 13.7. The minimum absolute atomic E-state index is 0.219. The number of esters is 12. The standard InChI is InChI=1S/C44H66N4O26/c1-23(49)65-21-33(67-25(3)51)35(69-27(5)53)37(71-29(7)55)39(73-31(9)57)41(59)63-19-17-47-43(61)45-15-13-11-12-14-16-46-44(62)48-18-20-64-42(60)40(74-32(10)58)38(72-30(8)56)36(70-28(6)54)34(68-26(4)52)22-66-24(2)50/h33-40H,11-22H2,1-10H3,(H2,45,47,61)(H2,46,48,62)/t33-,34-,35-,36-,37+,38+,39-,40-/m1/s1. The Kier molecular flexibility index (Phi) is 32.3. The monoisotopic (exact) mass is 1070 g/mol. The fourth-order valence-electron chi connectivity index (χ4n) is 6.08. The number of nitrogens with one attached hydrogen (secondary N) is 4. The van der Waals surface area contributed by atoms with Gasteiger partial charge in [0, 0.05) is 82.3 Å². The Bertz CT molecular complexity index is 1820. The fourth-order valence-corrected chi connectivity index (χ4v) is 6.08. The van der Waals surface area contributed by atoms with Gasteiger partial charge in [0.1, 0.15) is 26.4 Å². The van der Waals surface area contributed by atoms with Gasteiger partial charge in [0.25, 0.3) is 0 Å². The van der Waals surface area contributed by atoms with Crippen molar-refractivity contribution in [1.82, 2.24) is 21.3 Å². The lowest BCUT2D eigenvalue weighted by Gasteiger charge is -2.34. The largest absolute Gasteiger partial charge is 0.462 e. The molecule has 74 heavy (non-hydrogen) atoms. The molecule has 0 fully saturated rings. The third-order valence-electron chi connectivity index (χ3n) is 8.71. The lowest BCUT2D eigenvalue weighted by atomic mass is 10.0. The molecule has 0 aliphatic heterocycles. The Hall–Kier alpha value is -7.82. The Morgan fingerprint density at radius 1 is 0.297 bits per heavy atom. The van der Waals surface area contributed by atoms with Gasteiger partial charge in [0.2, 0.25) is 12.2 Å². The van der Waals surface area contributed by atoms with E-state index < -0.39 is 159 Å². The minimum Gasteiger partial charge on any atom is -0.462 e. The minimum atomic E-state index is -2.12. The Balaban J connectivity index is 5.14. The molecule has 0 unspecified atom stereocenters. The van der Waals surface area contributed by atoms with Crippen LogP contribution < -0.4 is 21.3 Å². The first kappa shape index (κ1) is 66.2. The van der Waals surface area contributed by atoms with Gasteiger partial charge in [-0.2, -0.15) is 0 Å². The molecule has 4 amide bonds. The van der Waals surface area contributed by atoms with E-state index in [2.05, 4.69) is 21.3 Å². The number of hydrogen-bond acceptors (Lipinski definition) is 26. The van der Waals surface area contributed by atoms with Gasteiger partial charge in [-0.05, 0) is 12.8 Å². The van der Waals surface area contributed by atoms with E-state index in [1.165, 1.54) is 0 Å². The van der Waals surface area contributed by atoms with Crippen molar-refractivity contribution in [3.63, 3.8) is 0 Å². The Morgan fingerprint density at radius 3 is 0.838 bits per heavy atom. The maximum absolute atomic E-state index is 13.2. The summed E-state index contributed by atoms with van der Waals surface area (Å²) >= 11 is 0. The number of carbonyl (C=O) groups excluding carboxylic acids is 14. The van der Waals surface area contributed by atoms with Gasteiger partial charge in [-0.3, -0.25) is 47.9 Å². The number of unbranched alkanes of at least 4 members (excludes halogenated alkanes) is 3. The highest BCUT2D eigenvalue weighted by Gasteiger charge is 2.49. The first-order valence-electron chi connectivity index (χ1n) is 22.7. The van der Waals surface area contributed by atoms with Crippen LogP contribution in [0.1, 0.15) is 94.9 Å². The quantitative estimate of drug-likeness (QED) is 0.0341. The van der Waals surface area contributed by atoms with Gasteiger partial charge in [0.15, 0.2) is 36.6 Å². The maximum atomic E-state index is 13.2. The molecule has 8 atom stereocenters. The maximum Gasteiger partial charge on any atom is 0.351 e. The van der Waals surface area contributed by atoms with Crippen LogP contribution in [0.15, 0.2) is 0 Å². The van der Waals surface area contributed by atoms with E-state index in [1.54, 1.807) is 0 Å². The molecule has 0 saturated carbocycles. The van der Waals surface area contributed by atoms with E-state index in [9.17, 15) is 67.1 Å². The van der Waals surface area contributed by atoms with Crippen molar-refractivity contribution in [1.29, 1.82) is 0 Å². The molecular formula is C44H66N4O26. The van der Waals surface area contributed by atoms with Crippen LogP contribution in [0.4, 0.5) is 9.59 Å². The van der Waals surface area contributed by atoms with Gasteiger partial charge < -0.3 is 78.1 Å². The molecule has 0 aliphatic rings. The molecule has 30 heteroatoms. The SMILES string of the molecule is CC(=O)OC[C@@H](OC(C)=O)[C@@H](OC(C)=O)[C@H](OC(C)=O)[C@@H](OC(C)=O)C(=O)OCCNC(=O)NCCCCCCNC(=O)NCCOC(=O)[C@H](OC(C)=O)[C@@H](OC(C)=O)[C@H](OC(C)=O)[C@@H](COC(C)=O)OC(C)=O. The second-order valence-corrected chi connectivity index (χ2v) is 15.4. The fraction of sp³-hybridized carbons (Fsp3) is 0.682. The van der Waals surface area contributed by atoms with Crippen molar-refractivity contribution in [3.8, 4) is 0 Å². The van der Waals surface area contributed by atoms with E-state index >= 15 is 0 Å². The van der Waals surface area contributed by atoms with Crippen molar-refractivity contribution in [2.24, 2.45) is 0 Å². The van der Waals surface area contributed by atoms with E-state index in [-0.39, 0.29) is 26.2 Å². The van der Waals surface area contributed by atoms with E-state index in [0.717, 1.165) is 69.2 Å². The Morgan fingerprint density at radius 2 is 0.568 bits per heavy atom. The third-order valence-corrected chi connectivity index (χ3v) is 8.71. The average molecular weight is 1070 g/mol. The zero-order valence-corrected chi connectivity index (χ0v) is 42.7.